The van der Waals surface area contributed by atoms with Gasteiger partial charge in [0.15, 0.2) is 5.57 Å². The Morgan fingerprint density at radius 1 is 1.17 bits per heavy atom. The number of rotatable bonds is 4. The minimum Gasteiger partial charge on any atom is -0.437 e. The van der Waals surface area contributed by atoms with E-state index < -0.39 is 35.3 Å². The van der Waals surface area contributed by atoms with Crippen LogP contribution in [0.4, 0.5) is 18.9 Å². The van der Waals surface area contributed by atoms with Crippen LogP contribution in [0.25, 0.3) is 0 Å². The van der Waals surface area contributed by atoms with E-state index in [-0.39, 0.29) is 16.3 Å². The van der Waals surface area contributed by atoms with Gasteiger partial charge in [0.05, 0.1) is 5.02 Å². The molecule has 1 N–H and O–H groups in total. The molecule has 1 aliphatic heterocycles. The summed E-state index contributed by atoms with van der Waals surface area (Å²) in [7, 11) is 0. The maximum Gasteiger partial charge on any atom is 0.421 e. The predicted molar refractivity (Wildman–Crippen MR) is 98.7 cm³/mol. The van der Waals surface area contributed by atoms with E-state index in [2.05, 4.69) is 10.3 Å². The van der Waals surface area contributed by atoms with Crippen LogP contribution >= 0.6 is 11.6 Å². The smallest absolute Gasteiger partial charge is 0.421 e. The summed E-state index contributed by atoms with van der Waals surface area (Å²) in [5.74, 6) is -3.83. The molecule has 0 amide bonds. The highest BCUT2D eigenvalue weighted by Gasteiger charge is 2.39. The van der Waals surface area contributed by atoms with Gasteiger partial charge in [-0.2, -0.15) is 13.2 Å². The third kappa shape index (κ3) is 4.82. The Morgan fingerprint density at radius 3 is 2.43 bits per heavy atom. The standard InChI is InChI=1S/C19H14ClF3N2O5/c1-18(2)29-16(26)11(17(27)30-18)9-25-10-5-6-14(13(20)8-10)28-15-12(19(21,22)23)4-3-7-24-15/h3-9,25H,1-2H3. The summed E-state index contributed by atoms with van der Waals surface area (Å²) in [6, 6.07) is 6.02. The van der Waals surface area contributed by atoms with E-state index in [0.717, 1.165) is 24.5 Å². The Bertz CT molecular complexity index is 1020. The number of cyclic esters (lactones) is 2. The fourth-order valence-electron chi connectivity index (χ4n) is 2.40. The number of ether oxygens (including phenoxy) is 3. The maximum absolute atomic E-state index is 13.1. The first-order valence-corrected chi connectivity index (χ1v) is 8.77. The van der Waals surface area contributed by atoms with Crippen LogP contribution in [0.2, 0.25) is 5.02 Å². The average molecular weight is 443 g/mol. The van der Waals surface area contributed by atoms with Gasteiger partial charge in [-0.1, -0.05) is 11.6 Å². The molecule has 158 valence electrons. The molecule has 0 spiro atoms. The maximum atomic E-state index is 13.1. The van der Waals surface area contributed by atoms with Gasteiger partial charge in [-0.25, -0.2) is 14.6 Å². The molecule has 0 saturated carbocycles. The van der Waals surface area contributed by atoms with Gasteiger partial charge >= 0.3 is 18.1 Å². The summed E-state index contributed by atoms with van der Waals surface area (Å²) in [6.07, 6.45) is -2.42. The summed E-state index contributed by atoms with van der Waals surface area (Å²) in [5.41, 5.74) is -1.10. The van der Waals surface area contributed by atoms with Gasteiger partial charge in [-0.3, -0.25) is 0 Å². The Balaban J connectivity index is 1.77. The van der Waals surface area contributed by atoms with Crippen LogP contribution in [0.15, 0.2) is 48.3 Å². The zero-order chi connectivity index (χ0) is 22.1. The molecular formula is C19H14ClF3N2O5. The molecule has 1 aromatic carbocycles. The second-order valence-electron chi connectivity index (χ2n) is 6.48. The summed E-state index contributed by atoms with van der Waals surface area (Å²) >= 11 is 6.08. The number of aromatic nitrogens is 1. The number of nitrogens with zero attached hydrogens (tertiary/aromatic N) is 1. The molecule has 2 heterocycles. The van der Waals surface area contributed by atoms with Crippen molar-refractivity contribution in [3.63, 3.8) is 0 Å². The van der Waals surface area contributed by atoms with Crippen LogP contribution in [0.1, 0.15) is 19.4 Å². The minimum atomic E-state index is -4.65. The van der Waals surface area contributed by atoms with E-state index in [1.54, 1.807) is 0 Å². The molecule has 1 aliphatic rings. The van der Waals surface area contributed by atoms with Crippen molar-refractivity contribution in [2.45, 2.75) is 25.8 Å². The highest BCUT2D eigenvalue weighted by atomic mass is 35.5. The molecule has 2 aromatic rings. The van der Waals surface area contributed by atoms with Gasteiger partial charge < -0.3 is 19.5 Å². The van der Waals surface area contributed by atoms with E-state index in [0.29, 0.717) is 5.69 Å². The molecule has 0 bridgehead atoms. The van der Waals surface area contributed by atoms with Crippen LogP contribution < -0.4 is 10.1 Å². The van der Waals surface area contributed by atoms with Crippen LogP contribution in [-0.4, -0.2) is 22.7 Å². The number of esters is 2. The Labute approximate surface area is 173 Å². The van der Waals surface area contributed by atoms with E-state index in [4.69, 9.17) is 25.8 Å². The molecule has 1 saturated heterocycles. The van der Waals surface area contributed by atoms with Gasteiger partial charge in [0.2, 0.25) is 5.88 Å². The highest BCUT2D eigenvalue weighted by molar-refractivity contribution is 6.32. The molecular weight excluding hydrogens is 429 g/mol. The molecule has 0 radical (unpaired) electrons. The monoisotopic (exact) mass is 442 g/mol. The van der Waals surface area contributed by atoms with Gasteiger partial charge in [-0.15, -0.1) is 0 Å². The van der Waals surface area contributed by atoms with E-state index in [9.17, 15) is 22.8 Å². The van der Waals surface area contributed by atoms with Crippen molar-refractivity contribution in [2.24, 2.45) is 0 Å². The van der Waals surface area contributed by atoms with Gasteiger partial charge in [-0.05, 0) is 30.3 Å². The summed E-state index contributed by atoms with van der Waals surface area (Å²) in [6.45, 7) is 2.83. The van der Waals surface area contributed by atoms with Crippen molar-refractivity contribution >= 4 is 29.2 Å². The first-order valence-electron chi connectivity index (χ1n) is 8.39. The normalized spacial score (nSPS) is 15.9. The molecule has 11 heteroatoms. The molecule has 7 nitrogen and oxygen atoms in total. The number of carbonyl (C=O) groups excluding carboxylic acids is 2. The van der Waals surface area contributed by atoms with Crippen molar-refractivity contribution in [1.29, 1.82) is 0 Å². The Hall–Kier alpha value is -3.27. The number of carbonyl (C=O) groups is 2. The minimum absolute atomic E-state index is 0.0351. The molecule has 0 aliphatic carbocycles. The zero-order valence-corrected chi connectivity index (χ0v) is 16.3. The van der Waals surface area contributed by atoms with E-state index in [1.165, 1.54) is 32.0 Å². The summed E-state index contributed by atoms with van der Waals surface area (Å²) in [5, 5.41) is 2.64. The van der Waals surface area contributed by atoms with Crippen LogP contribution in [0, 0.1) is 0 Å². The fourth-order valence-corrected chi connectivity index (χ4v) is 2.62. The second kappa shape index (κ2) is 7.86. The molecule has 1 aromatic heterocycles. The van der Waals surface area contributed by atoms with Crippen molar-refractivity contribution < 1.29 is 37.0 Å². The van der Waals surface area contributed by atoms with Crippen molar-refractivity contribution in [1.82, 2.24) is 4.98 Å². The fraction of sp³-hybridized carbons (Fsp3) is 0.211. The lowest BCUT2D eigenvalue weighted by Crippen LogP contribution is -2.42. The molecule has 3 rings (SSSR count). The SMILES string of the molecule is CC1(C)OC(=O)C(=CNc2ccc(Oc3ncccc3C(F)(F)F)c(Cl)c2)C(=O)O1. The summed E-state index contributed by atoms with van der Waals surface area (Å²) < 4.78 is 54.3. The number of benzene rings is 1. The topological polar surface area (TPSA) is 86.8 Å². The number of halogens is 4. The Morgan fingerprint density at radius 2 is 1.83 bits per heavy atom. The third-order valence-corrected chi connectivity index (χ3v) is 4.01. The van der Waals surface area contributed by atoms with E-state index >= 15 is 0 Å². The second-order valence-corrected chi connectivity index (χ2v) is 6.89. The number of nitrogens with one attached hydrogen (secondary N) is 1. The number of anilines is 1. The van der Waals surface area contributed by atoms with Crippen molar-refractivity contribution in [3.05, 3.63) is 58.9 Å². The van der Waals surface area contributed by atoms with Crippen LogP contribution in [0.3, 0.4) is 0 Å². The van der Waals surface area contributed by atoms with Gasteiger partial charge in [0.25, 0.3) is 5.79 Å². The summed E-state index contributed by atoms with van der Waals surface area (Å²) in [4.78, 5) is 27.4. The molecule has 1 fully saturated rings. The number of alkyl halides is 3. The highest BCUT2D eigenvalue weighted by Crippen LogP contribution is 2.38. The zero-order valence-electron chi connectivity index (χ0n) is 15.5. The molecule has 30 heavy (non-hydrogen) atoms. The quantitative estimate of drug-likeness (QED) is 0.418. The van der Waals surface area contributed by atoms with Crippen LogP contribution in [-0.2, 0) is 25.2 Å². The predicted octanol–water partition coefficient (Wildman–Crippen LogP) is 4.68. The largest absolute Gasteiger partial charge is 0.437 e. The third-order valence-electron chi connectivity index (χ3n) is 3.72. The first kappa shape index (κ1) is 21.4. The van der Waals surface area contributed by atoms with Crippen molar-refractivity contribution in [3.8, 4) is 11.6 Å². The van der Waals surface area contributed by atoms with Gasteiger partial charge in [0, 0.05) is 31.9 Å². The van der Waals surface area contributed by atoms with Gasteiger partial charge in [0.1, 0.15) is 11.3 Å². The lowest BCUT2D eigenvalue weighted by Gasteiger charge is -2.29. The molecule has 0 atom stereocenters. The number of hydrogen-bond donors (Lipinski definition) is 1. The van der Waals surface area contributed by atoms with Crippen LogP contribution in [0.5, 0.6) is 11.6 Å². The van der Waals surface area contributed by atoms with E-state index in [1.807, 2.05) is 0 Å². The van der Waals surface area contributed by atoms with Crippen molar-refractivity contribution in [2.75, 3.05) is 5.32 Å². The number of hydrogen-bond acceptors (Lipinski definition) is 7. The Kier molecular flexibility index (Phi) is 5.62. The first-order chi connectivity index (χ1) is 14.0. The average Bonchev–Trinajstić information content (AvgIpc) is 2.61. The number of pyridine rings is 1. The molecule has 0 unspecified atom stereocenters. The lowest BCUT2D eigenvalue weighted by atomic mass is 10.2. The lowest BCUT2D eigenvalue weighted by molar-refractivity contribution is -0.222.